The summed E-state index contributed by atoms with van der Waals surface area (Å²) in [5, 5.41) is 4.79. The Kier molecular flexibility index (Phi) is 3.57. The van der Waals surface area contributed by atoms with Crippen LogP contribution in [0.2, 0.25) is 0 Å². The number of oxime groups is 1. The van der Waals surface area contributed by atoms with Gasteiger partial charge in [0, 0.05) is 30.7 Å². The number of benzene rings is 1. The zero-order valence-electron chi connectivity index (χ0n) is 11.9. The maximum absolute atomic E-state index is 10.9. The summed E-state index contributed by atoms with van der Waals surface area (Å²) in [4.78, 5) is 19.0. The number of aryl methyl sites for hydroxylation is 1. The van der Waals surface area contributed by atoms with E-state index < -0.39 is 5.97 Å². The predicted molar refractivity (Wildman–Crippen MR) is 77.9 cm³/mol. The number of hydrogen-bond acceptors (Lipinski definition) is 3. The van der Waals surface area contributed by atoms with Crippen LogP contribution in [0.4, 0.5) is 5.69 Å². The molecule has 0 fully saturated rings. The van der Waals surface area contributed by atoms with Gasteiger partial charge in [-0.05, 0) is 31.4 Å². The Hall–Kier alpha value is -2.61. The second kappa shape index (κ2) is 5.17. The summed E-state index contributed by atoms with van der Waals surface area (Å²) in [6.07, 6.45) is 0. The summed E-state index contributed by atoms with van der Waals surface area (Å²) in [6, 6.07) is 5.53. The molecule has 5 heteroatoms. The molecular weight excluding hydrogens is 254 g/mol. The highest BCUT2D eigenvalue weighted by molar-refractivity contribution is 6.11. The number of aromatic nitrogens is 1. The zero-order chi connectivity index (χ0) is 14.9. The normalized spacial score (nSPS) is 11.4. The number of carbonyl (C=O) groups is 1. The van der Waals surface area contributed by atoms with Gasteiger partial charge in [0.05, 0.1) is 12.3 Å². The fourth-order valence-electron chi connectivity index (χ4n) is 2.26. The van der Waals surface area contributed by atoms with Crippen LogP contribution in [-0.4, -0.2) is 16.2 Å². The van der Waals surface area contributed by atoms with Crippen molar-refractivity contribution in [3.63, 3.8) is 0 Å². The number of rotatable bonds is 2. The summed E-state index contributed by atoms with van der Waals surface area (Å²) in [5.41, 5.74) is 4.11. The van der Waals surface area contributed by atoms with Gasteiger partial charge >= 0.3 is 5.97 Å². The van der Waals surface area contributed by atoms with Crippen LogP contribution in [0.15, 0.2) is 23.4 Å². The van der Waals surface area contributed by atoms with Gasteiger partial charge in [-0.3, -0.25) is 0 Å². The minimum absolute atomic E-state index is 0.455. The molecule has 0 aliphatic rings. The lowest BCUT2D eigenvalue weighted by Gasteiger charge is -2.01. The van der Waals surface area contributed by atoms with E-state index in [0.717, 1.165) is 22.2 Å². The Morgan fingerprint density at radius 3 is 2.70 bits per heavy atom. The maximum Gasteiger partial charge on any atom is 0.331 e. The third-order valence-corrected chi connectivity index (χ3v) is 3.28. The lowest BCUT2D eigenvalue weighted by Crippen LogP contribution is -2.01. The highest BCUT2D eigenvalue weighted by Gasteiger charge is 2.15. The third-order valence-electron chi connectivity index (χ3n) is 3.28. The van der Waals surface area contributed by atoms with Crippen molar-refractivity contribution in [2.24, 2.45) is 12.2 Å². The molecule has 102 valence electrons. The standard InChI is InChI=1S/C15H15N3O2/c1-9(17-20-11(3)19)15-10(2)18(5)14-7-6-12(16-4)8-13(14)15/h6-8H,1-3,5H3/b17-9+. The molecule has 0 bridgehead atoms. The van der Waals surface area contributed by atoms with Gasteiger partial charge in [0.15, 0.2) is 5.69 Å². The van der Waals surface area contributed by atoms with Crippen molar-refractivity contribution in [2.75, 3.05) is 0 Å². The van der Waals surface area contributed by atoms with E-state index in [-0.39, 0.29) is 0 Å². The molecule has 0 N–H and O–H groups in total. The van der Waals surface area contributed by atoms with Crippen LogP contribution in [0.5, 0.6) is 0 Å². The van der Waals surface area contributed by atoms with Crippen LogP contribution in [-0.2, 0) is 16.7 Å². The largest absolute Gasteiger partial charge is 0.347 e. The van der Waals surface area contributed by atoms with E-state index >= 15 is 0 Å². The Morgan fingerprint density at radius 1 is 1.40 bits per heavy atom. The molecule has 0 amide bonds. The van der Waals surface area contributed by atoms with Crippen LogP contribution in [0.3, 0.4) is 0 Å². The smallest absolute Gasteiger partial charge is 0.331 e. The van der Waals surface area contributed by atoms with E-state index in [1.54, 1.807) is 13.0 Å². The highest BCUT2D eigenvalue weighted by Crippen LogP contribution is 2.29. The first-order chi connectivity index (χ1) is 9.45. The van der Waals surface area contributed by atoms with E-state index in [1.165, 1.54) is 6.92 Å². The molecule has 1 heterocycles. The summed E-state index contributed by atoms with van der Waals surface area (Å²) in [5.74, 6) is -0.455. The molecule has 0 unspecified atom stereocenters. The molecule has 0 aliphatic carbocycles. The summed E-state index contributed by atoms with van der Waals surface area (Å²) >= 11 is 0. The van der Waals surface area contributed by atoms with Gasteiger partial charge in [-0.2, -0.15) is 0 Å². The SMILES string of the molecule is [C-]#[N+]c1ccc2c(c1)c(/C(C)=N/OC(C)=O)c(C)n2C. The fraction of sp³-hybridized carbons (Fsp3) is 0.267. The van der Waals surface area contributed by atoms with Gasteiger partial charge < -0.3 is 9.40 Å². The predicted octanol–water partition coefficient (Wildman–Crippen LogP) is 3.32. The Labute approximate surface area is 117 Å². The van der Waals surface area contributed by atoms with Crippen LogP contribution in [0.1, 0.15) is 25.1 Å². The van der Waals surface area contributed by atoms with E-state index in [4.69, 9.17) is 11.4 Å². The van der Waals surface area contributed by atoms with Crippen molar-refractivity contribution in [2.45, 2.75) is 20.8 Å². The van der Waals surface area contributed by atoms with Crippen LogP contribution < -0.4 is 0 Å². The lowest BCUT2D eigenvalue weighted by atomic mass is 10.1. The van der Waals surface area contributed by atoms with Gasteiger partial charge in [0.1, 0.15) is 0 Å². The number of carbonyl (C=O) groups excluding carboxylic acids is 1. The molecule has 1 aromatic carbocycles. The van der Waals surface area contributed by atoms with Gasteiger partial charge in [0.2, 0.25) is 0 Å². The van der Waals surface area contributed by atoms with Crippen LogP contribution in [0, 0.1) is 13.5 Å². The van der Waals surface area contributed by atoms with Gasteiger partial charge in [-0.25, -0.2) is 9.64 Å². The van der Waals surface area contributed by atoms with Gasteiger partial charge in [-0.15, -0.1) is 0 Å². The maximum atomic E-state index is 10.9. The molecule has 2 aromatic rings. The van der Waals surface area contributed by atoms with Crippen LogP contribution in [0.25, 0.3) is 15.7 Å². The zero-order valence-corrected chi connectivity index (χ0v) is 11.9. The minimum Gasteiger partial charge on any atom is -0.347 e. The van der Waals surface area contributed by atoms with Gasteiger partial charge in [0.25, 0.3) is 0 Å². The summed E-state index contributed by atoms with van der Waals surface area (Å²) < 4.78 is 2.03. The van der Waals surface area contributed by atoms with Crippen molar-refractivity contribution in [1.82, 2.24) is 4.57 Å². The van der Waals surface area contributed by atoms with Crippen LogP contribution >= 0.6 is 0 Å². The lowest BCUT2D eigenvalue weighted by molar-refractivity contribution is -0.140. The molecule has 0 radical (unpaired) electrons. The van der Waals surface area contributed by atoms with Crippen molar-refractivity contribution < 1.29 is 9.63 Å². The molecule has 5 nitrogen and oxygen atoms in total. The molecule has 0 saturated heterocycles. The Bertz CT molecular complexity index is 763. The van der Waals surface area contributed by atoms with Crippen molar-refractivity contribution >= 4 is 28.3 Å². The van der Waals surface area contributed by atoms with E-state index in [2.05, 4.69) is 10.0 Å². The first-order valence-electron chi connectivity index (χ1n) is 6.14. The Balaban J connectivity index is 2.68. The molecular formula is C15H15N3O2. The Morgan fingerprint density at radius 2 is 2.10 bits per heavy atom. The topological polar surface area (TPSA) is 47.9 Å². The molecule has 0 spiro atoms. The molecule has 0 atom stereocenters. The average molecular weight is 269 g/mol. The summed E-state index contributed by atoms with van der Waals surface area (Å²) in [6.45, 7) is 12.2. The van der Waals surface area contributed by atoms with Crippen molar-refractivity contribution in [3.05, 3.63) is 40.9 Å². The monoisotopic (exact) mass is 269 g/mol. The molecule has 20 heavy (non-hydrogen) atoms. The van der Waals surface area contributed by atoms with Gasteiger partial charge in [-0.1, -0.05) is 11.2 Å². The molecule has 0 saturated carbocycles. The number of fused-ring (bicyclic) bond motifs is 1. The second-order valence-corrected chi connectivity index (χ2v) is 4.59. The van der Waals surface area contributed by atoms with E-state index in [1.807, 2.05) is 30.7 Å². The number of nitrogens with zero attached hydrogens (tertiary/aromatic N) is 3. The van der Waals surface area contributed by atoms with Crippen molar-refractivity contribution in [1.29, 1.82) is 0 Å². The summed E-state index contributed by atoms with van der Waals surface area (Å²) in [7, 11) is 1.96. The fourth-order valence-corrected chi connectivity index (χ4v) is 2.26. The minimum atomic E-state index is -0.455. The first kappa shape index (κ1) is 13.8. The quantitative estimate of drug-likeness (QED) is 0.363. The van der Waals surface area contributed by atoms with Crippen molar-refractivity contribution in [3.8, 4) is 0 Å². The molecule has 1 aromatic heterocycles. The molecule has 2 rings (SSSR count). The highest BCUT2D eigenvalue weighted by atomic mass is 16.7. The third kappa shape index (κ3) is 2.28. The average Bonchev–Trinajstić information content (AvgIpc) is 2.68. The molecule has 0 aliphatic heterocycles. The van der Waals surface area contributed by atoms with E-state index in [9.17, 15) is 4.79 Å². The number of hydrogen-bond donors (Lipinski definition) is 0. The second-order valence-electron chi connectivity index (χ2n) is 4.59. The van der Waals surface area contributed by atoms with E-state index in [0.29, 0.717) is 11.4 Å². The first-order valence-corrected chi connectivity index (χ1v) is 6.14.